The number of likely N-dealkylation sites (N-methyl/N-ethyl adjacent to an activating group) is 1. The van der Waals surface area contributed by atoms with E-state index in [9.17, 15) is 5.11 Å². The van der Waals surface area contributed by atoms with Crippen molar-refractivity contribution in [1.82, 2.24) is 30.3 Å². The maximum Gasteiger partial charge on any atom is 0.191 e. The lowest BCUT2D eigenvalue weighted by Gasteiger charge is -2.20. The Bertz CT molecular complexity index is 1030. The van der Waals surface area contributed by atoms with E-state index in [4.69, 9.17) is 9.97 Å². The highest BCUT2D eigenvalue weighted by molar-refractivity contribution is 7.99. The Morgan fingerprint density at radius 2 is 2.07 bits per heavy atom. The van der Waals surface area contributed by atoms with Gasteiger partial charge in [0.2, 0.25) is 0 Å². The Kier molecular flexibility index (Phi) is 5.34. The van der Waals surface area contributed by atoms with Crippen LogP contribution in [0.25, 0.3) is 11.2 Å². The van der Waals surface area contributed by atoms with Crippen LogP contribution in [-0.4, -0.2) is 68.1 Å². The first-order chi connectivity index (χ1) is 14.7. The van der Waals surface area contributed by atoms with Gasteiger partial charge in [-0.15, -0.1) is 5.10 Å². The zero-order valence-electron chi connectivity index (χ0n) is 17.3. The van der Waals surface area contributed by atoms with Gasteiger partial charge in [-0.25, -0.2) is 14.6 Å². The van der Waals surface area contributed by atoms with Crippen molar-refractivity contribution in [3.05, 3.63) is 35.9 Å². The van der Waals surface area contributed by atoms with E-state index < -0.39 is 6.10 Å². The molecule has 5 rings (SSSR count). The van der Waals surface area contributed by atoms with Gasteiger partial charge in [0.1, 0.15) is 0 Å². The van der Waals surface area contributed by atoms with E-state index in [-0.39, 0.29) is 6.04 Å². The van der Waals surface area contributed by atoms with Crippen molar-refractivity contribution < 1.29 is 5.11 Å². The molecule has 1 aromatic carbocycles. The predicted molar refractivity (Wildman–Crippen MR) is 118 cm³/mol. The zero-order chi connectivity index (χ0) is 20.7. The van der Waals surface area contributed by atoms with E-state index in [1.165, 1.54) is 5.56 Å². The van der Waals surface area contributed by atoms with Gasteiger partial charge in [-0.2, -0.15) is 0 Å². The average Bonchev–Trinajstić information content (AvgIpc) is 3.30. The van der Waals surface area contributed by atoms with E-state index in [0.29, 0.717) is 36.2 Å². The second-order valence-corrected chi connectivity index (χ2v) is 9.17. The number of anilines is 1. The van der Waals surface area contributed by atoms with E-state index in [1.54, 1.807) is 16.4 Å². The molecule has 0 amide bonds. The van der Waals surface area contributed by atoms with Gasteiger partial charge in [0, 0.05) is 37.8 Å². The Morgan fingerprint density at radius 1 is 1.23 bits per heavy atom. The number of rotatable bonds is 7. The van der Waals surface area contributed by atoms with Gasteiger partial charge in [0.15, 0.2) is 22.1 Å². The summed E-state index contributed by atoms with van der Waals surface area (Å²) in [6.07, 6.45) is 1.66. The Balaban J connectivity index is 1.51. The van der Waals surface area contributed by atoms with Gasteiger partial charge < -0.3 is 15.3 Å². The lowest BCUT2D eigenvalue weighted by atomic mass is 10.1. The summed E-state index contributed by atoms with van der Waals surface area (Å²) in [6.45, 7) is 3.37. The van der Waals surface area contributed by atoms with Crippen molar-refractivity contribution >= 4 is 28.7 Å². The van der Waals surface area contributed by atoms with E-state index in [2.05, 4.69) is 64.8 Å². The first-order valence-electron chi connectivity index (χ1n) is 10.6. The van der Waals surface area contributed by atoms with Crippen LogP contribution in [0.2, 0.25) is 0 Å². The second-order valence-electron chi connectivity index (χ2n) is 8.11. The summed E-state index contributed by atoms with van der Waals surface area (Å²) in [7, 11) is 2.09. The molecule has 30 heavy (non-hydrogen) atoms. The first-order valence-corrected chi connectivity index (χ1v) is 11.6. The molecule has 2 aromatic heterocycles. The van der Waals surface area contributed by atoms with Crippen molar-refractivity contribution in [2.75, 3.05) is 30.8 Å². The van der Waals surface area contributed by atoms with Crippen LogP contribution in [0, 0.1) is 0 Å². The maximum absolute atomic E-state index is 10.4. The molecule has 8 nitrogen and oxygen atoms in total. The van der Waals surface area contributed by atoms with Crippen LogP contribution in [0.5, 0.6) is 0 Å². The molecular formula is C21H27N7OS. The molecule has 2 unspecified atom stereocenters. The number of nitrogens with zero attached hydrogens (tertiary/aromatic N) is 6. The van der Waals surface area contributed by atoms with Crippen LogP contribution in [0.1, 0.15) is 37.3 Å². The molecular weight excluding hydrogens is 398 g/mol. The highest BCUT2D eigenvalue weighted by Crippen LogP contribution is 2.46. The minimum absolute atomic E-state index is 0.162. The number of benzene rings is 1. The number of β-amino-alcohol motifs (C(OH)–C–C–N with tert-alkyl or cyclic N) is 1. The smallest absolute Gasteiger partial charge is 0.191 e. The van der Waals surface area contributed by atoms with Gasteiger partial charge in [-0.1, -0.05) is 54.2 Å². The first kappa shape index (κ1) is 19.7. The van der Waals surface area contributed by atoms with Crippen LogP contribution in [0.3, 0.4) is 0 Å². The molecule has 1 saturated carbocycles. The van der Waals surface area contributed by atoms with Crippen LogP contribution < -0.4 is 10.2 Å². The number of fused-ring (bicyclic) bond motifs is 1. The summed E-state index contributed by atoms with van der Waals surface area (Å²) < 4.78 is 1.77. The SMILES string of the molecule is CCCSc1nc(N(C)C2CC2c2ccccc2)c2nnn([C@@H]3CNC[C@H]3O)c2n1. The van der Waals surface area contributed by atoms with E-state index in [0.717, 1.165) is 29.6 Å². The van der Waals surface area contributed by atoms with Crippen LogP contribution in [-0.2, 0) is 0 Å². The van der Waals surface area contributed by atoms with Gasteiger partial charge in [-0.3, -0.25) is 0 Å². The van der Waals surface area contributed by atoms with Crippen LogP contribution in [0.15, 0.2) is 35.5 Å². The van der Waals surface area contributed by atoms with Gasteiger partial charge in [-0.05, 0) is 18.4 Å². The number of thioether (sulfide) groups is 1. The minimum Gasteiger partial charge on any atom is -0.390 e. The van der Waals surface area contributed by atoms with Crippen molar-refractivity contribution in [1.29, 1.82) is 0 Å². The molecule has 2 fully saturated rings. The minimum atomic E-state index is -0.497. The van der Waals surface area contributed by atoms with E-state index in [1.807, 2.05) is 0 Å². The van der Waals surface area contributed by atoms with Crippen LogP contribution >= 0.6 is 11.8 Å². The van der Waals surface area contributed by atoms with Crippen molar-refractivity contribution in [2.45, 2.75) is 49.0 Å². The molecule has 1 aliphatic heterocycles. The quantitative estimate of drug-likeness (QED) is 0.440. The summed E-state index contributed by atoms with van der Waals surface area (Å²) in [5.74, 6) is 2.29. The molecule has 1 saturated heterocycles. The fraction of sp³-hybridized carbons (Fsp3) is 0.524. The topological polar surface area (TPSA) is 92.0 Å². The molecule has 2 N–H and O–H groups in total. The zero-order valence-corrected chi connectivity index (χ0v) is 18.1. The van der Waals surface area contributed by atoms with E-state index >= 15 is 0 Å². The fourth-order valence-electron chi connectivity index (χ4n) is 4.25. The summed E-state index contributed by atoms with van der Waals surface area (Å²) >= 11 is 1.66. The summed E-state index contributed by atoms with van der Waals surface area (Å²) in [5.41, 5.74) is 2.77. The van der Waals surface area contributed by atoms with Crippen LogP contribution in [0.4, 0.5) is 5.82 Å². The molecule has 3 aromatic rings. The monoisotopic (exact) mass is 425 g/mol. The van der Waals surface area contributed by atoms with Crippen molar-refractivity contribution in [3.63, 3.8) is 0 Å². The standard InChI is InChI=1S/C21H27N7OS/c1-3-9-30-21-23-19(27(2)15-10-14(15)13-7-5-4-6-8-13)18-20(24-21)28(26-25-18)16-11-22-12-17(16)29/h4-8,14-17,22,29H,3,9-12H2,1-2H3/t14?,15?,16-,17-/m1/s1. The van der Waals surface area contributed by atoms with Gasteiger partial charge in [0.05, 0.1) is 12.1 Å². The molecule has 3 heterocycles. The molecule has 9 heteroatoms. The van der Waals surface area contributed by atoms with Crippen molar-refractivity contribution in [2.24, 2.45) is 0 Å². The third-order valence-electron chi connectivity index (χ3n) is 6.00. The maximum atomic E-state index is 10.4. The lowest BCUT2D eigenvalue weighted by Crippen LogP contribution is -2.24. The molecule has 0 bridgehead atoms. The number of aliphatic hydroxyl groups excluding tert-OH is 1. The molecule has 2 aliphatic rings. The van der Waals surface area contributed by atoms with Gasteiger partial charge in [0.25, 0.3) is 0 Å². The molecule has 158 valence electrons. The molecule has 1 aliphatic carbocycles. The number of aromatic nitrogens is 5. The van der Waals surface area contributed by atoms with Gasteiger partial charge >= 0.3 is 0 Å². The highest BCUT2D eigenvalue weighted by Gasteiger charge is 2.43. The number of hydrogen-bond donors (Lipinski definition) is 2. The normalized spacial score (nSPS) is 25.7. The third kappa shape index (κ3) is 3.55. The Hall–Kier alpha value is -2.23. The molecule has 0 spiro atoms. The Morgan fingerprint density at radius 3 is 2.80 bits per heavy atom. The number of hydrogen-bond acceptors (Lipinski definition) is 8. The lowest BCUT2D eigenvalue weighted by molar-refractivity contribution is 0.145. The summed E-state index contributed by atoms with van der Waals surface area (Å²) in [6, 6.07) is 10.9. The third-order valence-corrected chi connectivity index (χ3v) is 7.05. The second kappa shape index (κ2) is 8.13. The largest absolute Gasteiger partial charge is 0.390 e. The molecule has 4 atom stereocenters. The predicted octanol–water partition coefficient (Wildman–Crippen LogP) is 2.22. The highest BCUT2D eigenvalue weighted by atomic mass is 32.2. The molecule has 0 radical (unpaired) electrons. The summed E-state index contributed by atoms with van der Waals surface area (Å²) in [5, 5.41) is 23.1. The summed E-state index contributed by atoms with van der Waals surface area (Å²) in [4.78, 5) is 11.9. The Labute approximate surface area is 180 Å². The van der Waals surface area contributed by atoms with Crippen molar-refractivity contribution in [3.8, 4) is 0 Å². The average molecular weight is 426 g/mol. The number of aliphatic hydroxyl groups is 1. The number of nitrogens with one attached hydrogen (secondary N) is 1. The fourth-order valence-corrected chi connectivity index (χ4v) is 4.94.